The van der Waals surface area contributed by atoms with E-state index in [1.807, 2.05) is 0 Å². The smallest absolute Gasteiger partial charge is 0.234 e. The van der Waals surface area contributed by atoms with E-state index in [9.17, 15) is 4.79 Å². The van der Waals surface area contributed by atoms with Crippen molar-refractivity contribution in [2.45, 2.75) is 19.9 Å². The van der Waals surface area contributed by atoms with Gasteiger partial charge in [0.1, 0.15) is 5.15 Å². The van der Waals surface area contributed by atoms with E-state index in [0.29, 0.717) is 0 Å². The highest BCUT2D eigenvalue weighted by Crippen LogP contribution is 2.16. The van der Waals surface area contributed by atoms with Crippen molar-refractivity contribution in [3.63, 3.8) is 0 Å². The number of nitrogens with zero attached hydrogens (tertiary/aromatic N) is 2. The van der Waals surface area contributed by atoms with E-state index in [1.54, 1.807) is 13.8 Å². The second-order valence-electron chi connectivity index (χ2n) is 3.69. The summed E-state index contributed by atoms with van der Waals surface area (Å²) in [5.41, 5.74) is 5.62. The molecular formula is C10H15ClN4O2. The molecule has 0 aliphatic heterocycles. The molecule has 1 rings (SSSR count). The second kappa shape index (κ2) is 5.79. The van der Waals surface area contributed by atoms with Crippen molar-refractivity contribution >= 4 is 23.5 Å². The van der Waals surface area contributed by atoms with Crippen LogP contribution in [-0.4, -0.2) is 29.0 Å². The number of nitrogens with two attached hydrogens (primary N) is 1. The van der Waals surface area contributed by atoms with Crippen LogP contribution in [0.1, 0.15) is 13.8 Å². The van der Waals surface area contributed by atoms with Crippen molar-refractivity contribution in [3.8, 4) is 5.88 Å². The number of carbonyl (C=O) groups excluding carboxylic acids is 1. The van der Waals surface area contributed by atoms with E-state index in [0.717, 1.165) is 0 Å². The van der Waals surface area contributed by atoms with Crippen LogP contribution >= 0.6 is 11.6 Å². The summed E-state index contributed by atoms with van der Waals surface area (Å²) in [4.78, 5) is 19.5. The minimum absolute atomic E-state index is 0.104. The molecule has 1 amide bonds. The Kier molecular flexibility index (Phi) is 4.65. The third-order valence-corrected chi connectivity index (χ3v) is 2.51. The van der Waals surface area contributed by atoms with Gasteiger partial charge >= 0.3 is 0 Å². The zero-order valence-electron chi connectivity index (χ0n) is 9.90. The van der Waals surface area contributed by atoms with Crippen LogP contribution in [0, 0.1) is 5.92 Å². The van der Waals surface area contributed by atoms with Crippen LogP contribution < -0.4 is 15.8 Å². The standard InChI is InChI=1S/C10H15ClN4O2/c1-5(6(2)12)9(16)15-10-13-7(11)4-8(14-10)17-3/h4-6H,12H2,1-3H3,(H,13,14,15,16). The van der Waals surface area contributed by atoms with Gasteiger partial charge in [0.15, 0.2) is 0 Å². The Morgan fingerprint density at radius 3 is 2.71 bits per heavy atom. The highest BCUT2D eigenvalue weighted by Gasteiger charge is 2.18. The number of methoxy groups -OCH3 is 1. The van der Waals surface area contributed by atoms with Gasteiger partial charge in [-0.25, -0.2) is 4.98 Å². The Labute approximate surface area is 105 Å². The number of rotatable bonds is 4. The molecule has 0 saturated heterocycles. The quantitative estimate of drug-likeness (QED) is 0.788. The van der Waals surface area contributed by atoms with E-state index in [-0.39, 0.29) is 34.8 Å². The maximum Gasteiger partial charge on any atom is 0.234 e. The molecule has 3 N–H and O–H groups in total. The van der Waals surface area contributed by atoms with Gasteiger partial charge in [-0.1, -0.05) is 18.5 Å². The molecule has 0 spiro atoms. The number of amides is 1. The molecule has 0 fully saturated rings. The topological polar surface area (TPSA) is 90.1 Å². The summed E-state index contributed by atoms with van der Waals surface area (Å²) >= 11 is 5.75. The monoisotopic (exact) mass is 258 g/mol. The van der Waals surface area contributed by atoms with Gasteiger partial charge < -0.3 is 10.5 Å². The van der Waals surface area contributed by atoms with Crippen LogP contribution in [0.4, 0.5) is 5.95 Å². The van der Waals surface area contributed by atoms with Crippen LogP contribution in [-0.2, 0) is 4.79 Å². The first-order valence-corrected chi connectivity index (χ1v) is 5.47. The number of aromatic nitrogens is 2. The minimum Gasteiger partial charge on any atom is -0.481 e. The molecule has 0 radical (unpaired) electrons. The molecule has 0 aliphatic rings. The van der Waals surface area contributed by atoms with E-state index in [4.69, 9.17) is 22.1 Å². The summed E-state index contributed by atoms with van der Waals surface area (Å²) in [5.74, 6) is -0.214. The molecule has 1 aromatic rings. The molecule has 6 nitrogen and oxygen atoms in total. The number of carbonyl (C=O) groups is 1. The lowest BCUT2D eigenvalue weighted by molar-refractivity contribution is -0.119. The number of hydrogen-bond donors (Lipinski definition) is 2. The van der Waals surface area contributed by atoms with Crippen LogP contribution in [0.3, 0.4) is 0 Å². The van der Waals surface area contributed by atoms with Crippen LogP contribution in [0.2, 0.25) is 5.15 Å². The molecule has 1 aromatic heterocycles. The summed E-state index contributed by atoms with van der Waals surface area (Å²) in [7, 11) is 1.45. The summed E-state index contributed by atoms with van der Waals surface area (Å²) in [6, 6.07) is 1.20. The van der Waals surface area contributed by atoms with Crippen molar-refractivity contribution in [1.82, 2.24) is 9.97 Å². The normalized spacial score (nSPS) is 13.9. The first kappa shape index (κ1) is 13.7. The molecule has 0 bridgehead atoms. The Bertz CT molecular complexity index is 411. The van der Waals surface area contributed by atoms with E-state index in [2.05, 4.69) is 15.3 Å². The van der Waals surface area contributed by atoms with Gasteiger partial charge in [0.2, 0.25) is 17.7 Å². The lowest BCUT2D eigenvalue weighted by atomic mass is 10.0. The first-order chi connectivity index (χ1) is 7.93. The average Bonchev–Trinajstić information content (AvgIpc) is 2.26. The molecule has 0 saturated carbocycles. The SMILES string of the molecule is COc1cc(Cl)nc(NC(=O)C(C)C(C)N)n1. The van der Waals surface area contributed by atoms with E-state index >= 15 is 0 Å². The summed E-state index contributed by atoms with van der Waals surface area (Å²) in [6.45, 7) is 3.48. The third-order valence-electron chi connectivity index (χ3n) is 2.32. The Hall–Kier alpha value is -1.40. The Balaban J connectivity index is 2.81. The average molecular weight is 259 g/mol. The molecule has 17 heavy (non-hydrogen) atoms. The van der Waals surface area contributed by atoms with E-state index in [1.165, 1.54) is 13.2 Å². The van der Waals surface area contributed by atoms with Gasteiger partial charge in [-0.15, -0.1) is 0 Å². The number of hydrogen-bond acceptors (Lipinski definition) is 5. The van der Waals surface area contributed by atoms with Gasteiger partial charge in [0.05, 0.1) is 13.0 Å². The van der Waals surface area contributed by atoms with Crippen molar-refractivity contribution < 1.29 is 9.53 Å². The molecule has 2 atom stereocenters. The molecule has 7 heteroatoms. The number of ether oxygens (including phenoxy) is 1. The van der Waals surface area contributed by atoms with Crippen molar-refractivity contribution in [1.29, 1.82) is 0 Å². The van der Waals surface area contributed by atoms with Crippen LogP contribution in [0.5, 0.6) is 5.88 Å². The maximum absolute atomic E-state index is 11.7. The lowest BCUT2D eigenvalue weighted by Crippen LogP contribution is -2.34. The minimum atomic E-state index is -0.344. The maximum atomic E-state index is 11.7. The number of nitrogens with one attached hydrogen (secondary N) is 1. The van der Waals surface area contributed by atoms with Gasteiger partial charge in [0.25, 0.3) is 0 Å². The van der Waals surface area contributed by atoms with E-state index < -0.39 is 0 Å². The Morgan fingerprint density at radius 2 is 2.18 bits per heavy atom. The highest BCUT2D eigenvalue weighted by molar-refractivity contribution is 6.29. The fourth-order valence-corrected chi connectivity index (χ4v) is 1.19. The van der Waals surface area contributed by atoms with Crippen molar-refractivity contribution in [3.05, 3.63) is 11.2 Å². The largest absolute Gasteiger partial charge is 0.481 e. The molecule has 1 heterocycles. The van der Waals surface area contributed by atoms with Gasteiger partial charge in [-0.05, 0) is 6.92 Å². The van der Waals surface area contributed by atoms with Crippen LogP contribution in [0.25, 0.3) is 0 Å². The van der Waals surface area contributed by atoms with Gasteiger partial charge in [0, 0.05) is 12.1 Å². The summed E-state index contributed by atoms with van der Waals surface area (Å²) < 4.78 is 4.91. The second-order valence-corrected chi connectivity index (χ2v) is 4.08. The van der Waals surface area contributed by atoms with Crippen molar-refractivity contribution in [2.24, 2.45) is 11.7 Å². The summed E-state index contributed by atoms with van der Waals surface area (Å²) in [5, 5.41) is 2.73. The molecule has 0 aliphatic carbocycles. The first-order valence-electron chi connectivity index (χ1n) is 5.09. The molecule has 0 aromatic carbocycles. The highest BCUT2D eigenvalue weighted by atomic mass is 35.5. The molecule has 94 valence electrons. The molecule has 2 unspecified atom stereocenters. The fourth-order valence-electron chi connectivity index (χ4n) is 1.02. The van der Waals surface area contributed by atoms with Gasteiger partial charge in [-0.3, -0.25) is 10.1 Å². The van der Waals surface area contributed by atoms with Crippen molar-refractivity contribution in [2.75, 3.05) is 12.4 Å². The predicted octanol–water partition coefficient (Wildman–Crippen LogP) is 1.06. The Morgan fingerprint density at radius 1 is 1.53 bits per heavy atom. The fraction of sp³-hybridized carbons (Fsp3) is 0.500. The lowest BCUT2D eigenvalue weighted by Gasteiger charge is -2.14. The zero-order chi connectivity index (χ0) is 13.0. The number of anilines is 1. The van der Waals surface area contributed by atoms with Crippen LogP contribution in [0.15, 0.2) is 6.07 Å². The predicted molar refractivity (Wildman–Crippen MR) is 65.0 cm³/mol. The third kappa shape index (κ3) is 3.83. The number of halogens is 1. The zero-order valence-corrected chi connectivity index (χ0v) is 10.7. The molecular weight excluding hydrogens is 244 g/mol. The summed E-state index contributed by atoms with van der Waals surface area (Å²) in [6.07, 6.45) is 0. The van der Waals surface area contributed by atoms with Gasteiger partial charge in [-0.2, -0.15) is 4.98 Å².